The number of nitrogens with one attached hydrogen (secondary N) is 2. The quantitative estimate of drug-likeness (QED) is 0.608. The molecular formula is C21H20ClN3O3. The molecule has 0 atom stereocenters. The number of anilines is 2. The van der Waals surface area contributed by atoms with Crippen molar-refractivity contribution in [2.45, 2.75) is 6.54 Å². The van der Waals surface area contributed by atoms with Crippen LogP contribution in [-0.2, 0) is 6.54 Å². The van der Waals surface area contributed by atoms with Gasteiger partial charge in [-0.2, -0.15) is 0 Å². The highest BCUT2D eigenvalue weighted by Crippen LogP contribution is 2.27. The van der Waals surface area contributed by atoms with Gasteiger partial charge in [-0.25, -0.2) is 4.98 Å². The number of nitrogens with zero attached hydrogens (tertiary/aromatic N) is 1. The van der Waals surface area contributed by atoms with E-state index in [1.54, 1.807) is 56.8 Å². The minimum Gasteiger partial charge on any atom is -0.493 e. The van der Waals surface area contributed by atoms with Crippen LogP contribution in [-0.4, -0.2) is 25.1 Å². The molecule has 6 nitrogen and oxygen atoms in total. The highest BCUT2D eigenvalue weighted by molar-refractivity contribution is 6.30. The number of halogens is 1. The number of aromatic nitrogens is 1. The lowest BCUT2D eigenvalue weighted by atomic mass is 10.2. The summed E-state index contributed by atoms with van der Waals surface area (Å²) in [5.74, 6) is 1.84. The molecule has 0 saturated carbocycles. The Morgan fingerprint density at radius 1 is 1.00 bits per heavy atom. The summed E-state index contributed by atoms with van der Waals surface area (Å²) in [6, 6.07) is 16.0. The Balaban J connectivity index is 1.58. The van der Waals surface area contributed by atoms with E-state index in [0.29, 0.717) is 40.1 Å². The van der Waals surface area contributed by atoms with Gasteiger partial charge in [-0.3, -0.25) is 4.79 Å². The third-order valence-electron chi connectivity index (χ3n) is 4.05. The highest BCUT2D eigenvalue weighted by atomic mass is 35.5. The van der Waals surface area contributed by atoms with Gasteiger partial charge in [0.1, 0.15) is 5.82 Å². The predicted molar refractivity (Wildman–Crippen MR) is 111 cm³/mol. The number of benzene rings is 2. The summed E-state index contributed by atoms with van der Waals surface area (Å²) >= 11 is 5.84. The first-order valence-corrected chi connectivity index (χ1v) is 8.94. The largest absolute Gasteiger partial charge is 0.493 e. The highest BCUT2D eigenvalue weighted by Gasteiger charge is 2.07. The summed E-state index contributed by atoms with van der Waals surface area (Å²) in [5.41, 5.74) is 2.16. The van der Waals surface area contributed by atoms with Crippen LogP contribution in [0.25, 0.3) is 0 Å². The van der Waals surface area contributed by atoms with Crippen LogP contribution in [0.3, 0.4) is 0 Å². The van der Waals surface area contributed by atoms with Crippen LogP contribution >= 0.6 is 11.6 Å². The molecule has 0 saturated heterocycles. The zero-order valence-electron chi connectivity index (χ0n) is 15.5. The van der Waals surface area contributed by atoms with Crippen molar-refractivity contribution in [3.8, 4) is 11.5 Å². The van der Waals surface area contributed by atoms with E-state index in [9.17, 15) is 4.79 Å². The number of carbonyl (C=O) groups is 1. The van der Waals surface area contributed by atoms with Crippen LogP contribution in [0.5, 0.6) is 11.5 Å². The van der Waals surface area contributed by atoms with Crippen molar-refractivity contribution in [1.82, 2.24) is 4.98 Å². The fourth-order valence-electron chi connectivity index (χ4n) is 2.56. The lowest BCUT2D eigenvalue weighted by Gasteiger charge is -2.11. The maximum atomic E-state index is 12.2. The van der Waals surface area contributed by atoms with Crippen molar-refractivity contribution in [1.29, 1.82) is 0 Å². The summed E-state index contributed by atoms with van der Waals surface area (Å²) in [5, 5.41) is 6.62. The van der Waals surface area contributed by atoms with Gasteiger partial charge in [0.25, 0.3) is 5.91 Å². The smallest absolute Gasteiger partial charge is 0.255 e. The second-order valence-electron chi connectivity index (χ2n) is 5.94. The van der Waals surface area contributed by atoms with Crippen LogP contribution < -0.4 is 20.1 Å². The van der Waals surface area contributed by atoms with E-state index in [-0.39, 0.29) is 5.91 Å². The van der Waals surface area contributed by atoms with Gasteiger partial charge < -0.3 is 20.1 Å². The Labute approximate surface area is 168 Å². The monoisotopic (exact) mass is 397 g/mol. The molecule has 3 rings (SSSR count). The molecule has 3 aromatic rings. The number of carbonyl (C=O) groups excluding carboxylic acids is 1. The van der Waals surface area contributed by atoms with E-state index in [1.807, 2.05) is 18.2 Å². The molecular weight excluding hydrogens is 378 g/mol. The molecule has 1 aromatic heterocycles. The molecule has 0 aliphatic carbocycles. The SMILES string of the molecule is COc1ccc(CNc2ccc(NC(=O)c3ccc(Cl)cc3)cn2)cc1OC. The van der Waals surface area contributed by atoms with Crippen molar-refractivity contribution in [2.75, 3.05) is 24.9 Å². The van der Waals surface area contributed by atoms with Gasteiger partial charge in [-0.1, -0.05) is 17.7 Å². The van der Waals surface area contributed by atoms with Crippen LogP contribution in [0.15, 0.2) is 60.8 Å². The Morgan fingerprint density at radius 3 is 2.39 bits per heavy atom. The molecule has 0 radical (unpaired) electrons. The standard InChI is InChI=1S/C21H20ClN3O3/c1-27-18-9-3-14(11-19(18)28-2)12-23-20-10-8-17(13-24-20)25-21(26)15-4-6-16(22)7-5-15/h3-11,13H,12H2,1-2H3,(H,23,24)(H,25,26). The maximum absolute atomic E-state index is 12.2. The van der Waals surface area contributed by atoms with E-state index in [1.165, 1.54) is 0 Å². The Morgan fingerprint density at radius 2 is 1.75 bits per heavy atom. The zero-order chi connectivity index (χ0) is 19.9. The minimum absolute atomic E-state index is 0.218. The van der Waals surface area contributed by atoms with Crippen LogP contribution in [0, 0.1) is 0 Å². The number of amides is 1. The van der Waals surface area contributed by atoms with Crippen LogP contribution in [0.2, 0.25) is 5.02 Å². The molecule has 28 heavy (non-hydrogen) atoms. The maximum Gasteiger partial charge on any atom is 0.255 e. The summed E-state index contributed by atoms with van der Waals surface area (Å²) in [4.78, 5) is 16.5. The topological polar surface area (TPSA) is 72.5 Å². The van der Waals surface area contributed by atoms with E-state index in [0.717, 1.165) is 5.56 Å². The molecule has 2 aromatic carbocycles. The molecule has 0 fully saturated rings. The van der Waals surface area contributed by atoms with Gasteiger partial charge in [-0.05, 0) is 54.1 Å². The molecule has 0 aliphatic heterocycles. The lowest BCUT2D eigenvalue weighted by molar-refractivity contribution is 0.102. The van der Waals surface area contributed by atoms with Crippen molar-refractivity contribution < 1.29 is 14.3 Å². The van der Waals surface area contributed by atoms with Crippen LogP contribution in [0.4, 0.5) is 11.5 Å². The Hall–Kier alpha value is -3.25. The molecule has 144 valence electrons. The fraction of sp³-hybridized carbons (Fsp3) is 0.143. The Bertz CT molecular complexity index is 944. The molecule has 0 spiro atoms. The first kappa shape index (κ1) is 19.5. The number of pyridine rings is 1. The summed E-state index contributed by atoms with van der Waals surface area (Å²) in [6.45, 7) is 0.573. The average molecular weight is 398 g/mol. The predicted octanol–water partition coefficient (Wildman–Crippen LogP) is 4.62. The minimum atomic E-state index is -0.218. The van der Waals surface area contributed by atoms with Gasteiger partial charge in [0.05, 0.1) is 26.1 Å². The molecule has 7 heteroatoms. The average Bonchev–Trinajstić information content (AvgIpc) is 2.73. The summed E-state index contributed by atoms with van der Waals surface area (Å²) < 4.78 is 10.5. The molecule has 0 bridgehead atoms. The third-order valence-corrected chi connectivity index (χ3v) is 4.30. The number of hydrogen-bond donors (Lipinski definition) is 2. The molecule has 0 unspecified atom stereocenters. The normalized spacial score (nSPS) is 10.2. The van der Waals surface area contributed by atoms with Crippen molar-refractivity contribution in [2.24, 2.45) is 0 Å². The number of methoxy groups -OCH3 is 2. The molecule has 0 aliphatic rings. The lowest BCUT2D eigenvalue weighted by Crippen LogP contribution is -2.12. The van der Waals surface area contributed by atoms with Crippen molar-refractivity contribution >= 4 is 29.0 Å². The zero-order valence-corrected chi connectivity index (χ0v) is 16.3. The van der Waals surface area contributed by atoms with E-state index >= 15 is 0 Å². The van der Waals surface area contributed by atoms with E-state index in [2.05, 4.69) is 15.6 Å². The first-order valence-electron chi connectivity index (χ1n) is 8.57. The number of hydrogen-bond acceptors (Lipinski definition) is 5. The Kier molecular flexibility index (Phi) is 6.34. The number of ether oxygens (including phenoxy) is 2. The molecule has 1 heterocycles. The van der Waals surface area contributed by atoms with Crippen molar-refractivity contribution in [3.63, 3.8) is 0 Å². The van der Waals surface area contributed by atoms with E-state index in [4.69, 9.17) is 21.1 Å². The summed E-state index contributed by atoms with van der Waals surface area (Å²) in [6.07, 6.45) is 1.60. The van der Waals surface area contributed by atoms with Gasteiger partial charge >= 0.3 is 0 Å². The van der Waals surface area contributed by atoms with E-state index < -0.39 is 0 Å². The third kappa shape index (κ3) is 4.92. The van der Waals surface area contributed by atoms with Gasteiger partial charge in [-0.15, -0.1) is 0 Å². The first-order chi connectivity index (χ1) is 13.6. The summed E-state index contributed by atoms with van der Waals surface area (Å²) in [7, 11) is 3.21. The molecule has 2 N–H and O–H groups in total. The molecule has 1 amide bonds. The van der Waals surface area contributed by atoms with Gasteiger partial charge in [0, 0.05) is 17.1 Å². The van der Waals surface area contributed by atoms with Gasteiger partial charge in [0.15, 0.2) is 11.5 Å². The number of rotatable bonds is 7. The fourth-order valence-corrected chi connectivity index (χ4v) is 2.69. The van der Waals surface area contributed by atoms with Gasteiger partial charge in [0.2, 0.25) is 0 Å². The second-order valence-corrected chi connectivity index (χ2v) is 6.37. The van der Waals surface area contributed by atoms with Crippen LogP contribution in [0.1, 0.15) is 15.9 Å². The van der Waals surface area contributed by atoms with Crippen molar-refractivity contribution in [3.05, 3.63) is 76.9 Å². The second kappa shape index (κ2) is 9.10.